The van der Waals surface area contributed by atoms with Gasteiger partial charge in [0.2, 0.25) is 0 Å². The average molecular weight is 439 g/mol. The highest BCUT2D eigenvalue weighted by molar-refractivity contribution is 6.31. The van der Waals surface area contributed by atoms with Crippen LogP contribution in [0.15, 0.2) is 36.4 Å². The van der Waals surface area contributed by atoms with E-state index in [-0.39, 0.29) is 22.7 Å². The molecule has 4 rings (SSSR count). The Morgan fingerprint density at radius 2 is 1.65 bits per heavy atom. The molecule has 1 heterocycles. The van der Waals surface area contributed by atoms with E-state index >= 15 is 0 Å². The maximum Gasteiger partial charge on any atom is 0.337 e. The Balaban J connectivity index is 1.80. The summed E-state index contributed by atoms with van der Waals surface area (Å²) in [6, 6.07) is 9.51. The lowest BCUT2D eigenvalue weighted by atomic mass is 10.00. The quantitative estimate of drug-likeness (QED) is 0.613. The normalized spacial score (nSPS) is 12.4. The zero-order valence-corrected chi connectivity index (χ0v) is 17.7. The number of methoxy groups -OCH3 is 2. The largest absolute Gasteiger partial charge is 0.465 e. The van der Waals surface area contributed by atoms with Gasteiger partial charge in [-0.05, 0) is 61.2 Å². The SMILES string of the molecule is COC(=O)c1cc(NC(=O)c2c3c(nc4ccc(Cl)cc24)CCC3)cc(C(=O)OC)c1. The predicted molar refractivity (Wildman–Crippen MR) is 116 cm³/mol. The fraction of sp³-hybridized carbons (Fsp3) is 0.217. The summed E-state index contributed by atoms with van der Waals surface area (Å²) in [5.41, 5.74) is 3.49. The Morgan fingerprint density at radius 3 is 2.29 bits per heavy atom. The van der Waals surface area contributed by atoms with Gasteiger partial charge in [-0.3, -0.25) is 9.78 Å². The van der Waals surface area contributed by atoms with Gasteiger partial charge in [-0.15, -0.1) is 0 Å². The number of aryl methyl sites for hydroxylation is 1. The van der Waals surface area contributed by atoms with E-state index in [4.69, 9.17) is 21.1 Å². The van der Waals surface area contributed by atoms with Crippen LogP contribution in [0.1, 0.15) is 48.8 Å². The van der Waals surface area contributed by atoms with Crippen molar-refractivity contribution in [1.82, 2.24) is 4.98 Å². The second-order valence-corrected chi connectivity index (χ2v) is 7.60. The molecule has 7 nitrogen and oxygen atoms in total. The van der Waals surface area contributed by atoms with Gasteiger partial charge in [0.25, 0.3) is 5.91 Å². The summed E-state index contributed by atoms with van der Waals surface area (Å²) in [4.78, 5) is 42.1. The van der Waals surface area contributed by atoms with Crippen LogP contribution in [0, 0.1) is 0 Å². The first kappa shape index (κ1) is 20.8. The minimum absolute atomic E-state index is 0.119. The zero-order chi connectivity index (χ0) is 22.1. The van der Waals surface area contributed by atoms with Gasteiger partial charge < -0.3 is 14.8 Å². The topological polar surface area (TPSA) is 94.6 Å². The number of carbonyl (C=O) groups excluding carboxylic acids is 3. The molecule has 0 radical (unpaired) electrons. The van der Waals surface area contributed by atoms with E-state index in [0.717, 1.165) is 30.5 Å². The molecule has 158 valence electrons. The molecule has 0 aliphatic heterocycles. The second kappa shape index (κ2) is 8.35. The van der Waals surface area contributed by atoms with Crippen molar-refractivity contribution in [2.45, 2.75) is 19.3 Å². The van der Waals surface area contributed by atoms with E-state index < -0.39 is 11.9 Å². The van der Waals surface area contributed by atoms with E-state index in [9.17, 15) is 14.4 Å². The molecular formula is C23H19ClN2O5. The molecule has 0 saturated carbocycles. The molecule has 3 aromatic rings. The van der Waals surface area contributed by atoms with Crippen LogP contribution in [0.2, 0.25) is 5.02 Å². The number of fused-ring (bicyclic) bond motifs is 2. The number of carbonyl (C=O) groups is 3. The number of ether oxygens (including phenoxy) is 2. The molecule has 0 saturated heterocycles. The summed E-state index contributed by atoms with van der Waals surface area (Å²) in [6.45, 7) is 0. The summed E-state index contributed by atoms with van der Waals surface area (Å²) in [5.74, 6) is -1.64. The number of rotatable bonds is 4. The molecular weight excluding hydrogens is 420 g/mol. The molecule has 0 fully saturated rings. The zero-order valence-electron chi connectivity index (χ0n) is 17.0. The maximum absolute atomic E-state index is 13.4. The van der Waals surface area contributed by atoms with Crippen LogP contribution >= 0.6 is 11.6 Å². The monoisotopic (exact) mass is 438 g/mol. The first-order valence-corrected chi connectivity index (χ1v) is 10.0. The van der Waals surface area contributed by atoms with Crippen LogP contribution < -0.4 is 5.32 Å². The second-order valence-electron chi connectivity index (χ2n) is 7.16. The van der Waals surface area contributed by atoms with Crippen molar-refractivity contribution in [3.8, 4) is 0 Å². The standard InChI is InChI=1S/C23H19ClN2O5/c1-30-22(28)12-8-13(23(29)31-2)10-15(9-12)25-21(27)20-16-4-3-5-18(16)26-19-7-6-14(24)11-17(19)20/h6-11H,3-5H2,1-2H3,(H,25,27). The first-order chi connectivity index (χ1) is 14.9. The number of halogens is 1. The van der Waals surface area contributed by atoms with E-state index in [1.54, 1.807) is 18.2 Å². The lowest BCUT2D eigenvalue weighted by Crippen LogP contribution is -2.17. The molecule has 0 unspecified atom stereocenters. The first-order valence-electron chi connectivity index (χ1n) is 9.65. The Labute approximate surface area is 183 Å². The van der Waals surface area contributed by atoms with Crippen molar-refractivity contribution in [3.05, 3.63) is 69.4 Å². The van der Waals surface area contributed by atoms with Gasteiger partial charge in [-0.2, -0.15) is 0 Å². The molecule has 1 amide bonds. The molecule has 1 aromatic heterocycles. The molecule has 1 aliphatic carbocycles. The smallest absolute Gasteiger partial charge is 0.337 e. The number of anilines is 1. The molecule has 0 spiro atoms. The number of pyridine rings is 1. The summed E-state index contributed by atoms with van der Waals surface area (Å²) < 4.78 is 9.51. The third-order valence-electron chi connectivity index (χ3n) is 5.23. The number of aromatic nitrogens is 1. The molecule has 1 N–H and O–H groups in total. The van der Waals surface area contributed by atoms with Crippen LogP contribution in [0.25, 0.3) is 10.9 Å². The summed E-state index contributed by atoms with van der Waals surface area (Å²) in [6.07, 6.45) is 2.46. The van der Waals surface area contributed by atoms with Gasteiger partial charge in [0, 0.05) is 21.8 Å². The van der Waals surface area contributed by atoms with Gasteiger partial charge in [0.1, 0.15) is 0 Å². The van der Waals surface area contributed by atoms with E-state index in [0.29, 0.717) is 21.5 Å². The highest BCUT2D eigenvalue weighted by Crippen LogP contribution is 2.32. The number of nitrogens with zero attached hydrogens (tertiary/aromatic N) is 1. The van der Waals surface area contributed by atoms with Crippen LogP contribution in [0.4, 0.5) is 5.69 Å². The highest BCUT2D eigenvalue weighted by atomic mass is 35.5. The van der Waals surface area contributed by atoms with Crippen LogP contribution in [0.3, 0.4) is 0 Å². The number of hydrogen-bond donors (Lipinski definition) is 1. The third-order valence-corrected chi connectivity index (χ3v) is 5.47. The minimum Gasteiger partial charge on any atom is -0.465 e. The third kappa shape index (κ3) is 3.96. The fourth-order valence-corrected chi connectivity index (χ4v) is 4.03. The van der Waals surface area contributed by atoms with Gasteiger partial charge in [-0.1, -0.05) is 11.6 Å². The number of esters is 2. The van der Waals surface area contributed by atoms with E-state index in [1.165, 1.54) is 32.4 Å². The Morgan fingerprint density at radius 1 is 0.968 bits per heavy atom. The number of benzene rings is 2. The molecule has 0 bridgehead atoms. The Kier molecular flexibility index (Phi) is 5.61. The van der Waals surface area contributed by atoms with Crippen molar-refractivity contribution in [2.24, 2.45) is 0 Å². The van der Waals surface area contributed by atoms with Gasteiger partial charge >= 0.3 is 11.9 Å². The van der Waals surface area contributed by atoms with Crippen LogP contribution in [-0.4, -0.2) is 37.0 Å². The lowest BCUT2D eigenvalue weighted by molar-refractivity contribution is 0.0599. The predicted octanol–water partition coefficient (Wildman–Crippen LogP) is 4.20. The number of amides is 1. The highest BCUT2D eigenvalue weighted by Gasteiger charge is 2.25. The average Bonchev–Trinajstić information content (AvgIpc) is 3.23. The molecule has 0 atom stereocenters. The fourth-order valence-electron chi connectivity index (χ4n) is 3.86. The summed E-state index contributed by atoms with van der Waals surface area (Å²) in [5, 5.41) is 3.97. The molecule has 1 aliphatic rings. The van der Waals surface area contributed by atoms with E-state index in [2.05, 4.69) is 10.3 Å². The molecule has 8 heteroatoms. The van der Waals surface area contributed by atoms with Gasteiger partial charge in [-0.25, -0.2) is 9.59 Å². The lowest BCUT2D eigenvalue weighted by Gasteiger charge is -2.14. The maximum atomic E-state index is 13.4. The van der Waals surface area contributed by atoms with Crippen molar-refractivity contribution in [3.63, 3.8) is 0 Å². The molecule has 31 heavy (non-hydrogen) atoms. The van der Waals surface area contributed by atoms with Crippen molar-refractivity contribution >= 4 is 46.0 Å². The summed E-state index contributed by atoms with van der Waals surface area (Å²) >= 11 is 6.19. The van der Waals surface area contributed by atoms with Gasteiger partial charge in [0.15, 0.2) is 0 Å². The van der Waals surface area contributed by atoms with Crippen molar-refractivity contribution < 1.29 is 23.9 Å². The Hall–Kier alpha value is -3.45. The number of nitrogens with one attached hydrogen (secondary N) is 1. The molecule has 2 aromatic carbocycles. The number of hydrogen-bond acceptors (Lipinski definition) is 6. The minimum atomic E-state index is -0.636. The summed E-state index contributed by atoms with van der Waals surface area (Å²) in [7, 11) is 2.48. The Bertz CT molecular complexity index is 1200. The van der Waals surface area contributed by atoms with Crippen LogP contribution in [-0.2, 0) is 22.3 Å². The van der Waals surface area contributed by atoms with Crippen molar-refractivity contribution in [2.75, 3.05) is 19.5 Å². The van der Waals surface area contributed by atoms with Crippen molar-refractivity contribution in [1.29, 1.82) is 0 Å². The van der Waals surface area contributed by atoms with Gasteiger partial charge in [0.05, 0.1) is 36.4 Å². The van der Waals surface area contributed by atoms with Crippen LogP contribution in [0.5, 0.6) is 0 Å². The van der Waals surface area contributed by atoms with E-state index in [1.807, 2.05) is 0 Å².